The molecule has 2 aromatic rings. The van der Waals surface area contributed by atoms with E-state index in [1.54, 1.807) is 11.3 Å². The summed E-state index contributed by atoms with van der Waals surface area (Å²) in [4.78, 5) is 29.1. The summed E-state index contributed by atoms with van der Waals surface area (Å²) in [6.07, 6.45) is 1.21. The van der Waals surface area contributed by atoms with Gasteiger partial charge in [-0.05, 0) is 49.4 Å². The number of hydrogen-bond donors (Lipinski definition) is 3. The third-order valence-electron chi connectivity index (χ3n) is 5.04. The largest absolute Gasteiger partial charge is 0.352 e. The number of amides is 2. The van der Waals surface area contributed by atoms with E-state index in [0.29, 0.717) is 18.9 Å². The lowest BCUT2D eigenvalue weighted by Crippen LogP contribution is -2.51. The molecule has 1 aromatic heterocycles. The van der Waals surface area contributed by atoms with Crippen molar-refractivity contribution in [3.63, 3.8) is 0 Å². The second-order valence-electron chi connectivity index (χ2n) is 7.80. The van der Waals surface area contributed by atoms with E-state index in [-0.39, 0.29) is 23.8 Å². The fraction of sp³-hybridized carbons (Fsp3) is 0.571. The van der Waals surface area contributed by atoms with E-state index in [1.807, 2.05) is 13.0 Å². The van der Waals surface area contributed by atoms with Crippen LogP contribution in [0.1, 0.15) is 57.5 Å². The van der Waals surface area contributed by atoms with Crippen LogP contribution < -0.4 is 16.4 Å². The van der Waals surface area contributed by atoms with Crippen LogP contribution in [0.4, 0.5) is 0 Å². The lowest BCUT2D eigenvalue weighted by Gasteiger charge is -2.24. The van der Waals surface area contributed by atoms with Crippen LogP contribution >= 0.6 is 11.3 Å². The molecule has 1 aromatic carbocycles. The van der Waals surface area contributed by atoms with Crippen molar-refractivity contribution in [2.75, 3.05) is 6.54 Å². The van der Waals surface area contributed by atoms with E-state index in [0.717, 1.165) is 21.6 Å². The van der Waals surface area contributed by atoms with Gasteiger partial charge in [0.1, 0.15) is 6.04 Å². The molecule has 0 aliphatic rings. The maximum atomic E-state index is 12.8. The van der Waals surface area contributed by atoms with Gasteiger partial charge in [0.15, 0.2) is 0 Å². The van der Waals surface area contributed by atoms with Crippen LogP contribution in [-0.2, 0) is 16.0 Å². The fourth-order valence-corrected chi connectivity index (χ4v) is 4.11. The summed E-state index contributed by atoms with van der Waals surface area (Å²) in [5.41, 5.74) is 7.81. The van der Waals surface area contributed by atoms with Gasteiger partial charge in [-0.1, -0.05) is 26.8 Å². The highest BCUT2D eigenvalue weighted by Gasteiger charge is 2.24. The highest BCUT2D eigenvalue weighted by atomic mass is 32.1. The minimum absolute atomic E-state index is 0.0173. The van der Waals surface area contributed by atoms with Crippen LogP contribution in [0.25, 0.3) is 10.2 Å². The average molecular weight is 405 g/mol. The summed E-state index contributed by atoms with van der Waals surface area (Å²) in [6, 6.07) is 5.61. The summed E-state index contributed by atoms with van der Waals surface area (Å²) in [7, 11) is 0. The predicted octanol–water partition coefficient (Wildman–Crippen LogP) is 2.96. The number of carbonyl (C=O) groups is 2. The number of nitrogens with one attached hydrogen (secondary N) is 2. The Morgan fingerprint density at radius 2 is 1.89 bits per heavy atom. The molecule has 28 heavy (non-hydrogen) atoms. The molecule has 0 unspecified atom stereocenters. The Labute approximate surface area is 171 Å². The van der Waals surface area contributed by atoms with Gasteiger partial charge in [0.05, 0.1) is 15.2 Å². The van der Waals surface area contributed by atoms with Crippen LogP contribution in [0.2, 0.25) is 0 Å². The van der Waals surface area contributed by atoms with Gasteiger partial charge in [-0.15, -0.1) is 11.3 Å². The quantitative estimate of drug-likeness (QED) is 0.598. The molecule has 0 aliphatic heterocycles. The summed E-state index contributed by atoms with van der Waals surface area (Å²) in [6.45, 7) is 10.4. The predicted molar refractivity (Wildman–Crippen MR) is 115 cm³/mol. The number of nitrogens with two attached hydrogens (primary N) is 1. The number of rotatable bonds is 9. The molecule has 2 rings (SSSR count). The van der Waals surface area contributed by atoms with Gasteiger partial charge in [-0.2, -0.15) is 0 Å². The standard InChI is InChI=1S/C21H32N4O2S/c1-12(2)16-6-7-17-19(10-16)28-20(25-17)11-18(24-15(5)26)21(27)23-14(4)13(3)8-9-22/h6-7,10,12-14,18H,8-9,11,22H2,1-5H3,(H,23,27)(H,24,26)/t13-,14-,18-/m0/s1. The van der Waals surface area contributed by atoms with Crippen LogP contribution in [-0.4, -0.2) is 35.4 Å². The third kappa shape index (κ3) is 6.01. The topological polar surface area (TPSA) is 97.1 Å². The molecule has 4 N–H and O–H groups in total. The van der Waals surface area contributed by atoms with Gasteiger partial charge in [0, 0.05) is 19.4 Å². The van der Waals surface area contributed by atoms with E-state index in [9.17, 15) is 9.59 Å². The van der Waals surface area contributed by atoms with E-state index in [4.69, 9.17) is 5.73 Å². The average Bonchev–Trinajstić information content (AvgIpc) is 3.02. The molecule has 0 aliphatic carbocycles. The van der Waals surface area contributed by atoms with Crippen molar-refractivity contribution >= 4 is 33.4 Å². The second-order valence-corrected chi connectivity index (χ2v) is 8.91. The van der Waals surface area contributed by atoms with E-state index >= 15 is 0 Å². The van der Waals surface area contributed by atoms with E-state index in [1.165, 1.54) is 12.5 Å². The van der Waals surface area contributed by atoms with Gasteiger partial charge >= 0.3 is 0 Å². The first-order valence-corrected chi connectivity index (χ1v) is 10.7. The molecular weight excluding hydrogens is 372 g/mol. The van der Waals surface area contributed by atoms with Crippen LogP contribution in [0.15, 0.2) is 18.2 Å². The van der Waals surface area contributed by atoms with Gasteiger partial charge in [-0.3, -0.25) is 9.59 Å². The molecule has 0 saturated carbocycles. The molecule has 3 atom stereocenters. The molecule has 6 nitrogen and oxygen atoms in total. The molecule has 1 heterocycles. The Morgan fingerprint density at radius 3 is 2.50 bits per heavy atom. The number of benzene rings is 1. The highest BCUT2D eigenvalue weighted by Crippen LogP contribution is 2.27. The summed E-state index contributed by atoms with van der Waals surface area (Å²) < 4.78 is 1.10. The first kappa shape index (κ1) is 22.3. The van der Waals surface area contributed by atoms with Crippen LogP contribution in [0, 0.1) is 5.92 Å². The zero-order valence-corrected chi connectivity index (χ0v) is 18.2. The molecular formula is C21H32N4O2S. The Balaban J connectivity index is 2.15. The number of hydrogen-bond acceptors (Lipinski definition) is 5. The highest BCUT2D eigenvalue weighted by molar-refractivity contribution is 7.18. The lowest BCUT2D eigenvalue weighted by molar-refractivity contribution is -0.128. The maximum Gasteiger partial charge on any atom is 0.243 e. The first-order chi connectivity index (χ1) is 13.2. The summed E-state index contributed by atoms with van der Waals surface area (Å²) in [5.74, 6) is 0.299. The van der Waals surface area contributed by atoms with Crippen LogP contribution in [0.3, 0.4) is 0 Å². The summed E-state index contributed by atoms with van der Waals surface area (Å²) in [5, 5.41) is 6.63. The van der Waals surface area contributed by atoms with Crippen molar-refractivity contribution in [3.05, 3.63) is 28.8 Å². The van der Waals surface area contributed by atoms with Crippen molar-refractivity contribution < 1.29 is 9.59 Å². The number of aromatic nitrogens is 1. The number of thiazole rings is 1. The summed E-state index contributed by atoms with van der Waals surface area (Å²) >= 11 is 1.58. The van der Waals surface area contributed by atoms with Gasteiger partial charge in [0.2, 0.25) is 11.8 Å². The van der Waals surface area contributed by atoms with E-state index in [2.05, 4.69) is 48.5 Å². The number of carbonyl (C=O) groups excluding carboxylic acids is 2. The molecule has 0 saturated heterocycles. The first-order valence-electron chi connectivity index (χ1n) is 9.88. The van der Waals surface area contributed by atoms with Crippen LogP contribution in [0.5, 0.6) is 0 Å². The zero-order valence-electron chi connectivity index (χ0n) is 17.4. The van der Waals surface area contributed by atoms with Crippen molar-refractivity contribution in [2.45, 2.75) is 65.5 Å². The Hall–Kier alpha value is -1.99. The molecule has 154 valence electrons. The molecule has 0 fully saturated rings. The molecule has 0 spiro atoms. The van der Waals surface area contributed by atoms with E-state index < -0.39 is 6.04 Å². The van der Waals surface area contributed by atoms with Crippen molar-refractivity contribution in [1.82, 2.24) is 15.6 Å². The smallest absolute Gasteiger partial charge is 0.243 e. The maximum absolute atomic E-state index is 12.8. The zero-order chi connectivity index (χ0) is 20.8. The van der Waals surface area contributed by atoms with Gasteiger partial charge in [0.25, 0.3) is 0 Å². The van der Waals surface area contributed by atoms with Gasteiger partial charge in [-0.25, -0.2) is 4.98 Å². The Bertz CT molecular complexity index is 818. The minimum atomic E-state index is -0.643. The van der Waals surface area contributed by atoms with Crippen molar-refractivity contribution in [3.8, 4) is 0 Å². The number of nitrogens with zero attached hydrogens (tertiary/aromatic N) is 1. The Morgan fingerprint density at radius 1 is 1.18 bits per heavy atom. The van der Waals surface area contributed by atoms with Gasteiger partial charge < -0.3 is 16.4 Å². The monoisotopic (exact) mass is 404 g/mol. The molecule has 2 amide bonds. The van der Waals surface area contributed by atoms with Crippen molar-refractivity contribution in [2.24, 2.45) is 11.7 Å². The normalized spacial score (nSPS) is 14.7. The second kappa shape index (κ2) is 9.98. The molecule has 7 heteroatoms. The third-order valence-corrected chi connectivity index (χ3v) is 6.08. The SMILES string of the molecule is CC(=O)N[C@@H](Cc1nc2ccc(C(C)C)cc2s1)C(=O)N[C@@H](C)[C@@H](C)CCN. The molecule has 0 bridgehead atoms. The number of fused-ring (bicyclic) bond motifs is 1. The fourth-order valence-electron chi connectivity index (χ4n) is 3.04. The Kier molecular flexibility index (Phi) is 7.95. The lowest BCUT2D eigenvalue weighted by atomic mass is 9.99. The van der Waals surface area contributed by atoms with Crippen molar-refractivity contribution in [1.29, 1.82) is 0 Å². The molecule has 0 radical (unpaired) electrons. The minimum Gasteiger partial charge on any atom is -0.352 e.